The molecule has 1 unspecified atom stereocenters. The van der Waals surface area contributed by atoms with Gasteiger partial charge in [-0.05, 0) is 37.1 Å². The molecule has 2 aromatic rings. The number of anilines is 1. The number of imide groups is 1. The fourth-order valence-electron chi connectivity index (χ4n) is 4.10. The summed E-state index contributed by atoms with van der Waals surface area (Å²) in [4.78, 5) is 65.0. The van der Waals surface area contributed by atoms with E-state index in [1.54, 1.807) is 37.4 Å². The van der Waals surface area contributed by atoms with E-state index in [4.69, 9.17) is 0 Å². The number of hydrogen-bond acceptors (Lipinski definition) is 5. The monoisotopic (exact) mass is 433 g/mol. The summed E-state index contributed by atoms with van der Waals surface area (Å²) in [5, 5.41) is 2.80. The Kier molecular flexibility index (Phi) is 5.61. The third-order valence-electron chi connectivity index (χ3n) is 5.84. The van der Waals surface area contributed by atoms with Crippen LogP contribution in [0.2, 0.25) is 0 Å². The minimum Gasteiger partial charge on any atom is -0.323 e. The summed E-state index contributed by atoms with van der Waals surface area (Å²) in [7, 11) is 1.60. The van der Waals surface area contributed by atoms with Crippen molar-refractivity contribution >= 4 is 35.1 Å². The Balaban J connectivity index is 1.54. The Bertz CT molecular complexity index is 1140. The molecule has 2 aliphatic rings. The van der Waals surface area contributed by atoms with Gasteiger partial charge in [0.25, 0.3) is 11.8 Å². The third-order valence-corrected chi connectivity index (χ3v) is 5.84. The van der Waals surface area contributed by atoms with Gasteiger partial charge in [-0.25, -0.2) is 4.79 Å². The zero-order chi connectivity index (χ0) is 23.0. The number of carbonyl (C=O) groups excluding carboxylic acids is 5. The SMILES string of the molecule is Cc1ccc(NC(=O)N(C)Cc2cccc3c2C(=O)N(C2CCC(=O)CC2=O)C3=O)cc1. The molecule has 0 radical (unpaired) electrons. The molecule has 1 fully saturated rings. The molecule has 8 heteroatoms. The topological polar surface area (TPSA) is 104 Å². The molecule has 2 aromatic carbocycles. The maximum absolute atomic E-state index is 13.2. The molecule has 4 amide bonds. The van der Waals surface area contributed by atoms with Gasteiger partial charge in [-0.3, -0.25) is 24.1 Å². The first-order valence-electron chi connectivity index (χ1n) is 10.4. The first kappa shape index (κ1) is 21.4. The Morgan fingerprint density at radius 2 is 1.78 bits per heavy atom. The van der Waals surface area contributed by atoms with Crippen molar-refractivity contribution in [2.24, 2.45) is 0 Å². The van der Waals surface area contributed by atoms with Crippen LogP contribution in [0, 0.1) is 6.92 Å². The van der Waals surface area contributed by atoms with Gasteiger partial charge in [-0.1, -0.05) is 29.8 Å². The Morgan fingerprint density at radius 3 is 2.47 bits per heavy atom. The second kappa shape index (κ2) is 8.37. The van der Waals surface area contributed by atoms with Crippen molar-refractivity contribution in [2.45, 2.75) is 38.8 Å². The van der Waals surface area contributed by atoms with Gasteiger partial charge >= 0.3 is 6.03 Å². The van der Waals surface area contributed by atoms with E-state index in [9.17, 15) is 24.0 Å². The zero-order valence-corrected chi connectivity index (χ0v) is 17.9. The average Bonchev–Trinajstić information content (AvgIpc) is 3.01. The molecule has 1 heterocycles. The van der Waals surface area contributed by atoms with Crippen LogP contribution in [0.3, 0.4) is 0 Å². The van der Waals surface area contributed by atoms with Crippen molar-refractivity contribution in [3.05, 3.63) is 64.7 Å². The summed E-state index contributed by atoms with van der Waals surface area (Å²) in [6.07, 6.45) is 0.0583. The summed E-state index contributed by atoms with van der Waals surface area (Å²) in [5.41, 5.74) is 2.66. The third kappa shape index (κ3) is 3.91. The van der Waals surface area contributed by atoms with Crippen molar-refractivity contribution in [3.8, 4) is 0 Å². The maximum atomic E-state index is 13.2. The molecular formula is C24H23N3O5. The van der Waals surface area contributed by atoms with Gasteiger partial charge in [0.2, 0.25) is 0 Å². The van der Waals surface area contributed by atoms with Crippen molar-refractivity contribution in [1.82, 2.24) is 9.80 Å². The number of hydrogen-bond donors (Lipinski definition) is 1. The molecule has 1 saturated carbocycles. The molecule has 1 aliphatic heterocycles. The standard InChI is InChI=1S/C24H23N3O5/c1-14-6-8-16(9-7-14)25-24(32)26(2)13-15-4-3-5-18-21(15)23(31)27(22(18)30)19-11-10-17(28)12-20(19)29/h3-9,19H,10-13H2,1-2H3,(H,25,32). The van der Waals surface area contributed by atoms with E-state index in [1.807, 2.05) is 19.1 Å². The Labute approximate surface area is 185 Å². The molecule has 0 bridgehead atoms. The van der Waals surface area contributed by atoms with E-state index in [-0.39, 0.29) is 48.7 Å². The lowest BCUT2D eigenvalue weighted by Gasteiger charge is -2.27. The first-order chi connectivity index (χ1) is 15.3. The molecule has 1 atom stereocenters. The number of Topliss-reactive ketones (excluding diaryl/α,β-unsaturated/α-hetero) is 2. The highest BCUT2D eigenvalue weighted by Crippen LogP contribution is 2.31. The van der Waals surface area contributed by atoms with Gasteiger partial charge in [-0.2, -0.15) is 0 Å². The molecular weight excluding hydrogens is 410 g/mol. The van der Waals surface area contributed by atoms with E-state index in [1.165, 1.54) is 4.90 Å². The minimum atomic E-state index is -0.921. The average molecular weight is 433 g/mol. The van der Waals surface area contributed by atoms with Crippen molar-refractivity contribution in [1.29, 1.82) is 0 Å². The van der Waals surface area contributed by atoms with Crippen LogP contribution < -0.4 is 5.32 Å². The number of carbonyl (C=O) groups is 5. The van der Waals surface area contributed by atoms with Crippen LogP contribution in [0.5, 0.6) is 0 Å². The smallest absolute Gasteiger partial charge is 0.321 e. The predicted molar refractivity (Wildman–Crippen MR) is 116 cm³/mol. The number of nitrogens with one attached hydrogen (secondary N) is 1. The lowest BCUT2D eigenvalue weighted by atomic mass is 9.92. The normalized spacial score (nSPS) is 18.1. The number of amides is 4. The molecule has 4 rings (SSSR count). The second-order valence-electron chi connectivity index (χ2n) is 8.21. The van der Waals surface area contributed by atoms with Crippen LogP contribution >= 0.6 is 0 Å². The molecule has 0 spiro atoms. The molecule has 0 saturated heterocycles. The first-order valence-corrected chi connectivity index (χ1v) is 10.4. The van der Waals surface area contributed by atoms with Crippen molar-refractivity contribution in [2.75, 3.05) is 12.4 Å². The highest BCUT2D eigenvalue weighted by molar-refractivity contribution is 6.24. The van der Waals surface area contributed by atoms with Gasteiger partial charge in [0.1, 0.15) is 5.78 Å². The molecule has 32 heavy (non-hydrogen) atoms. The van der Waals surface area contributed by atoms with E-state index in [0.29, 0.717) is 11.3 Å². The number of aryl methyl sites for hydroxylation is 1. The van der Waals surface area contributed by atoms with E-state index in [2.05, 4.69) is 5.32 Å². The minimum absolute atomic E-state index is 0.102. The maximum Gasteiger partial charge on any atom is 0.321 e. The zero-order valence-electron chi connectivity index (χ0n) is 17.9. The molecule has 0 aromatic heterocycles. The summed E-state index contributed by atoms with van der Waals surface area (Å²) >= 11 is 0. The van der Waals surface area contributed by atoms with Gasteiger partial charge in [-0.15, -0.1) is 0 Å². The lowest BCUT2D eigenvalue weighted by Crippen LogP contribution is -2.47. The molecule has 1 N–H and O–H groups in total. The van der Waals surface area contributed by atoms with Gasteiger partial charge in [0.05, 0.1) is 23.6 Å². The molecule has 8 nitrogen and oxygen atoms in total. The summed E-state index contributed by atoms with van der Waals surface area (Å²) < 4.78 is 0. The van der Waals surface area contributed by atoms with E-state index >= 15 is 0 Å². The number of fused-ring (bicyclic) bond motifs is 1. The van der Waals surface area contributed by atoms with Gasteiger partial charge < -0.3 is 10.2 Å². The van der Waals surface area contributed by atoms with Crippen LogP contribution in [-0.4, -0.2) is 52.3 Å². The molecule has 164 valence electrons. The van der Waals surface area contributed by atoms with Crippen LogP contribution in [0.1, 0.15) is 51.1 Å². The summed E-state index contributed by atoms with van der Waals surface area (Å²) in [5.74, 6) is -1.68. The van der Waals surface area contributed by atoms with E-state index < -0.39 is 23.6 Å². The number of rotatable bonds is 4. The highest BCUT2D eigenvalue weighted by atomic mass is 16.2. The number of benzene rings is 2. The largest absolute Gasteiger partial charge is 0.323 e. The summed E-state index contributed by atoms with van der Waals surface area (Å²) in [6, 6.07) is 11.0. The Morgan fingerprint density at radius 1 is 1.06 bits per heavy atom. The quantitative estimate of drug-likeness (QED) is 0.590. The number of urea groups is 1. The predicted octanol–water partition coefficient (Wildman–Crippen LogP) is 2.95. The lowest BCUT2D eigenvalue weighted by molar-refractivity contribution is -0.132. The van der Waals surface area contributed by atoms with Gasteiger partial charge in [0, 0.05) is 25.7 Å². The van der Waals surface area contributed by atoms with Crippen LogP contribution in [0.25, 0.3) is 0 Å². The number of ketones is 2. The highest BCUT2D eigenvalue weighted by Gasteiger charge is 2.45. The van der Waals surface area contributed by atoms with Crippen LogP contribution in [0.4, 0.5) is 10.5 Å². The fourth-order valence-corrected chi connectivity index (χ4v) is 4.10. The Hall–Kier alpha value is -3.81. The second-order valence-corrected chi connectivity index (χ2v) is 8.21. The summed E-state index contributed by atoms with van der Waals surface area (Å²) in [6.45, 7) is 2.05. The van der Waals surface area contributed by atoms with Crippen molar-refractivity contribution in [3.63, 3.8) is 0 Å². The van der Waals surface area contributed by atoms with E-state index in [0.717, 1.165) is 10.5 Å². The number of nitrogens with zero attached hydrogens (tertiary/aromatic N) is 2. The van der Waals surface area contributed by atoms with Crippen molar-refractivity contribution < 1.29 is 24.0 Å². The van der Waals surface area contributed by atoms with Crippen LogP contribution in [0.15, 0.2) is 42.5 Å². The molecule has 1 aliphatic carbocycles. The van der Waals surface area contributed by atoms with Crippen LogP contribution in [-0.2, 0) is 16.1 Å². The van der Waals surface area contributed by atoms with Gasteiger partial charge in [0.15, 0.2) is 5.78 Å². The fraction of sp³-hybridized carbons (Fsp3) is 0.292.